The molecule has 0 aliphatic rings. The first-order valence-electron chi connectivity index (χ1n) is 4.05. The van der Waals surface area contributed by atoms with E-state index in [1.54, 1.807) is 0 Å². The number of rotatable bonds is 3. The molecule has 0 fully saturated rings. The predicted octanol–water partition coefficient (Wildman–Crippen LogP) is -0.212. The summed E-state index contributed by atoms with van der Waals surface area (Å²) in [6.07, 6.45) is 1.06. The smallest absolute Gasteiger partial charge is 0.484 e. The molecule has 1 rings (SSSR count). The van der Waals surface area contributed by atoms with Crippen LogP contribution in [-0.2, 0) is 0 Å². The highest BCUT2D eigenvalue weighted by Crippen LogP contribution is 2.48. The molecule has 1 aromatic rings. The van der Waals surface area contributed by atoms with Gasteiger partial charge in [0, 0.05) is 6.20 Å². The third kappa shape index (κ3) is 2.23. The molecule has 7 nitrogen and oxygen atoms in total. The number of hydrogen-bond acceptors (Lipinski definition) is 7. The second kappa shape index (κ2) is 4.23. The van der Waals surface area contributed by atoms with E-state index in [1.165, 1.54) is 6.92 Å². The lowest BCUT2D eigenvalue weighted by Crippen LogP contribution is -2.10. The Kier molecular flexibility index (Phi) is 3.35. The van der Waals surface area contributed by atoms with Crippen molar-refractivity contribution >= 4 is 19.8 Å². The Hall–Kier alpha value is -1.40. The summed E-state index contributed by atoms with van der Waals surface area (Å²) < 4.78 is 0. The van der Waals surface area contributed by atoms with Crippen molar-refractivity contribution in [1.29, 1.82) is 0 Å². The van der Waals surface area contributed by atoms with E-state index in [0.29, 0.717) is 0 Å². The third-order valence-corrected chi connectivity index (χ3v) is 2.68. The normalized spacial score (nSPS) is 11.2. The second-order valence-corrected chi connectivity index (χ2v) is 4.55. The van der Waals surface area contributed by atoms with Crippen molar-refractivity contribution in [3.63, 3.8) is 0 Å². The largest absolute Gasteiger partial charge is 0.505 e. The summed E-state index contributed by atoms with van der Waals surface area (Å²) in [5, 5.41) is 9.41. The number of aryl methyl sites for hydroxylation is 1. The standard InChI is InChI=1S/C8H8NO6P/c1-4-7(11)6(3-10)5(2-9-4)8(12)16(13,14)15/h2-3,13-15H,1H3/p+1. The van der Waals surface area contributed by atoms with Crippen LogP contribution in [0.1, 0.15) is 26.4 Å². The van der Waals surface area contributed by atoms with Crippen molar-refractivity contribution in [3.8, 4) is 5.75 Å². The highest BCUT2D eigenvalue weighted by atomic mass is 31.2. The van der Waals surface area contributed by atoms with Crippen LogP contribution in [0.5, 0.6) is 5.75 Å². The van der Waals surface area contributed by atoms with Crippen molar-refractivity contribution < 1.29 is 29.4 Å². The number of carbonyl (C=O) groups is 2. The highest BCUT2D eigenvalue weighted by Gasteiger charge is 2.45. The van der Waals surface area contributed by atoms with Gasteiger partial charge in [-0.15, -0.1) is 0 Å². The predicted molar refractivity (Wildman–Crippen MR) is 53.9 cm³/mol. The molecule has 86 valence electrons. The monoisotopic (exact) mass is 246 g/mol. The van der Waals surface area contributed by atoms with Crippen LogP contribution in [0.4, 0.5) is 0 Å². The van der Waals surface area contributed by atoms with Crippen LogP contribution in [0.25, 0.3) is 0 Å². The third-order valence-electron chi connectivity index (χ3n) is 1.90. The Bertz CT molecular complexity index is 453. The number of aromatic nitrogens is 1. The Morgan fingerprint density at radius 1 is 1.44 bits per heavy atom. The maximum atomic E-state index is 11.3. The number of aldehydes is 1. The molecule has 4 N–H and O–H groups in total. The SMILES string of the molecule is Cc1ncc(C(=O)[P+](O)(O)O)c(C=O)c1O. The van der Waals surface area contributed by atoms with Crippen LogP contribution in [0.3, 0.4) is 0 Å². The van der Waals surface area contributed by atoms with Gasteiger partial charge in [-0.1, -0.05) is 0 Å². The molecule has 0 aliphatic heterocycles. The summed E-state index contributed by atoms with van der Waals surface area (Å²) in [6, 6.07) is 0. The maximum absolute atomic E-state index is 11.3. The van der Waals surface area contributed by atoms with Crippen molar-refractivity contribution in [3.05, 3.63) is 23.0 Å². The van der Waals surface area contributed by atoms with Gasteiger partial charge in [0.25, 0.3) is 0 Å². The molecule has 0 saturated carbocycles. The van der Waals surface area contributed by atoms with E-state index in [2.05, 4.69) is 4.98 Å². The van der Waals surface area contributed by atoms with Gasteiger partial charge in [0.1, 0.15) is 5.75 Å². The van der Waals surface area contributed by atoms with Crippen LogP contribution in [-0.4, -0.2) is 36.6 Å². The minimum absolute atomic E-state index is 0.108. The van der Waals surface area contributed by atoms with Gasteiger partial charge in [-0.2, -0.15) is 14.7 Å². The van der Waals surface area contributed by atoms with Crippen LogP contribution < -0.4 is 0 Å². The summed E-state index contributed by atoms with van der Waals surface area (Å²) in [5.41, 5.74) is -2.29. The quantitative estimate of drug-likeness (QED) is 0.429. The summed E-state index contributed by atoms with van der Waals surface area (Å²) in [6.45, 7) is 1.40. The van der Waals surface area contributed by atoms with E-state index in [1.807, 2.05) is 0 Å². The highest BCUT2D eigenvalue weighted by molar-refractivity contribution is 7.76. The molecule has 0 radical (unpaired) electrons. The zero-order valence-electron chi connectivity index (χ0n) is 8.15. The average molecular weight is 246 g/mol. The Balaban J connectivity index is 3.41. The number of carbonyl (C=O) groups excluding carboxylic acids is 2. The van der Waals surface area contributed by atoms with Gasteiger partial charge in [0.15, 0.2) is 6.29 Å². The molecule has 1 aromatic heterocycles. The van der Waals surface area contributed by atoms with Gasteiger partial charge in [-0.25, -0.2) is 4.79 Å². The first kappa shape index (κ1) is 12.7. The molecule has 0 spiro atoms. The fourth-order valence-corrected chi connectivity index (χ4v) is 1.57. The van der Waals surface area contributed by atoms with Gasteiger partial charge in [0.05, 0.1) is 16.8 Å². The second-order valence-electron chi connectivity index (χ2n) is 3.01. The van der Waals surface area contributed by atoms with E-state index in [4.69, 9.17) is 14.7 Å². The summed E-state index contributed by atoms with van der Waals surface area (Å²) in [7, 11) is -4.75. The van der Waals surface area contributed by atoms with Gasteiger partial charge < -0.3 is 5.11 Å². The van der Waals surface area contributed by atoms with Gasteiger partial charge in [-0.3, -0.25) is 9.78 Å². The fourth-order valence-electron chi connectivity index (χ4n) is 1.07. The van der Waals surface area contributed by atoms with E-state index in [9.17, 15) is 14.7 Å². The van der Waals surface area contributed by atoms with Crippen molar-refractivity contribution in [2.24, 2.45) is 0 Å². The maximum Gasteiger partial charge on any atom is 0.484 e. The molecule has 0 amide bonds. The van der Waals surface area contributed by atoms with Gasteiger partial charge >= 0.3 is 13.5 Å². The summed E-state index contributed by atoms with van der Waals surface area (Å²) >= 11 is 0. The molecule has 0 saturated heterocycles. The van der Waals surface area contributed by atoms with Gasteiger partial charge in [-0.05, 0) is 6.92 Å². The van der Waals surface area contributed by atoms with Crippen molar-refractivity contribution in [1.82, 2.24) is 4.98 Å². The molecule has 16 heavy (non-hydrogen) atoms. The molecule has 0 unspecified atom stereocenters. The Morgan fingerprint density at radius 2 is 2.00 bits per heavy atom. The number of nitrogens with zero attached hydrogens (tertiary/aromatic N) is 1. The minimum atomic E-state index is -4.75. The Morgan fingerprint density at radius 3 is 2.44 bits per heavy atom. The molecule has 0 bridgehead atoms. The molecule has 0 atom stereocenters. The number of pyridine rings is 1. The van der Waals surface area contributed by atoms with E-state index in [-0.39, 0.29) is 12.0 Å². The van der Waals surface area contributed by atoms with E-state index >= 15 is 0 Å². The van der Waals surface area contributed by atoms with Crippen LogP contribution in [0.15, 0.2) is 6.20 Å². The minimum Gasteiger partial charge on any atom is -0.505 e. The van der Waals surface area contributed by atoms with Gasteiger partial charge in [0.2, 0.25) is 0 Å². The number of aromatic hydroxyl groups is 1. The molecule has 8 heteroatoms. The topological polar surface area (TPSA) is 128 Å². The molecule has 1 heterocycles. The first-order chi connectivity index (χ1) is 7.29. The van der Waals surface area contributed by atoms with Crippen molar-refractivity contribution in [2.45, 2.75) is 6.92 Å². The Labute approximate surface area is 90.6 Å². The van der Waals surface area contributed by atoms with Crippen LogP contribution in [0, 0.1) is 6.92 Å². The lowest BCUT2D eigenvalue weighted by molar-refractivity contribution is 0.101. The first-order valence-corrected chi connectivity index (χ1v) is 5.69. The fraction of sp³-hybridized carbons (Fsp3) is 0.125. The van der Waals surface area contributed by atoms with Crippen LogP contribution >= 0.6 is 7.94 Å². The molecule has 0 aromatic carbocycles. The summed E-state index contributed by atoms with van der Waals surface area (Å²) in [5.74, 6) is -0.533. The zero-order chi connectivity index (χ0) is 12.5. The molecular formula is C8H9NO6P+. The van der Waals surface area contributed by atoms with E-state index in [0.717, 1.165) is 6.20 Å². The average Bonchev–Trinajstić information content (AvgIpc) is 2.19. The number of hydrogen-bond donors (Lipinski definition) is 4. The molecular weight excluding hydrogens is 237 g/mol. The van der Waals surface area contributed by atoms with Crippen LogP contribution in [0.2, 0.25) is 0 Å². The lowest BCUT2D eigenvalue weighted by atomic mass is 10.1. The lowest BCUT2D eigenvalue weighted by Gasteiger charge is -2.06. The van der Waals surface area contributed by atoms with Crippen molar-refractivity contribution in [2.75, 3.05) is 0 Å². The zero-order valence-corrected chi connectivity index (χ0v) is 9.05. The molecule has 0 aliphatic carbocycles. The summed E-state index contributed by atoms with van der Waals surface area (Å²) in [4.78, 5) is 51.8. The van der Waals surface area contributed by atoms with E-state index < -0.39 is 30.3 Å².